The van der Waals surface area contributed by atoms with Gasteiger partial charge in [0, 0.05) is 11.6 Å². The molecule has 6 nitrogen and oxygen atoms in total. The molecule has 1 aliphatic carbocycles. The van der Waals surface area contributed by atoms with Crippen LogP contribution in [0.4, 0.5) is 0 Å². The average Bonchev–Trinajstić information content (AvgIpc) is 3.45. The standard InChI is InChI=1S/C20H24ClN3O3S/c1-24(2)13-18(14-6-4-3-5-7-14)22-20(25)15-8-11-17(21)19(12-15)28(26,27)23-16-9-10-16/h3-8,11-12,16,18,23H,9-10,13H2,1-2H3,(H,22,25)/p+1/t18-/m1/s1. The molecule has 0 radical (unpaired) electrons. The molecule has 3 rings (SSSR count). The Bertz CT molecular complexity index is 944. The fraction of sp³-hybridized carbons (Fsp3) is 0.350. The first-order valence-corrected chi connectivity index (χ1v) is 11.1. The molecule has 150 valence electrons. The second-order valence-corrected chi connectivity index (χ2v) is 9.48. The van der Waals surface area contributed by atoms with E-state index in [0.717, 1.165) is 18.4 Å². The lowest BCUT2D eigenvalue weighted by atomic mass is 10.1. The Balaban J connectivity index is 1.83. The predicted molar refractivity (Wildman–Crippen MR) is 109 cm³/mol. The van der Waals surface area contributed by atoms with Crippen LogP contribution in [0.3, 0.4) is 0 Å². The van der Waals surface area contributed by atoms with Crippen molar-refractivity contribution in [3.63, 3.8) is 0 Å². The van der Waals surface area contributed by atoms with Gasteiger partial charge in [-0.15, -0.1) is 0 Å². The maximum Gasteiger partial charge on any atom is 0.252 e. The summed E-state index contributed by atoms with van der Waals surface area (Å²) in [4.78, 5) is 14.0. The van der Waals surface area contributed by atoms with Crippen LogP contribution < -0.4 is 14.9 Å². The van der Waals surface area contributed by atoms with Crippen molar-refractivity contribution >= 4 is 27.5 Å². The third-order valence-corrected chi connectivity index (χ3v) is 6.50. The molecule has 0 bridgehead atoms. The molecule has 8 heteroatoms. The zero-order valence-electron chi connectivity index (χ0n) is 15.9. The zero-order chi connectivity index (χ0) is 20.3. The van der Waals surface area contributed by atoms with E-state index in [1.54, 1.807) is 6.07 Å². The largest absolute Gasteiger partial charge is 0.340 e. The van der Waals surface area contributed by atoms with Gasteiger partial charge in [-0.2, -0.15) is 0 Å². The minimum atomic E-state index is -3.75. The van der Waals surface area contributed by atoms with Gasteiger partial charge < -0.3 is 10.2 Å². The first kappa shape index (κ1) is 20.8. The quantitative estimate of drug-likeness (QED) is 0.601. The summed E-state index contributed by atoms with van der Waals surface area (Å²) in [6, 6.07) is 13.8. The topological polar surface area (TPSA) is 79.7 Å². The van der Waals surface area contributed by atoms with E-state index in [1.165, 1.54) is 17.0 Å². The molecule has 0 unspecified atom stereocenters. The molecule has 1 atom stereocenters. The van der Waals surface area contributed by atoms with E-state index in [1.807, 2.05) is 44.4 Å². The molecule has 3 N–H and O–H groups in total. The molecule has 28 heavy (non-hydrogen) atoms. The first-order valence-electron chi connectivity index (χ1n) is 9.23. The number of amides is 1. The normalized spacial score (nSPS) is 15.4. The molecule has 2 aromatic rings. The number of carbonyl (C=O) groups is 1. The van der Waals surface area contributed by atoms with Gasteiger partial charge in [-0.1, -0.05) is 41.9 Å². The summed E-state index contributed by atoms with van der Waals surface area (Å²) in [6.07, 6.45) is 1.64. The third-order valence-electron chi connectivity index (χ3n) is 4.50. The van der Waals surface area contributed by atoms with Gasteiger partial charge in [0.15, 0.2) is 0 Å². The Hall–Kier alpha value is -1.93. The van der Waals surface area contributed by atoms with E-state index in [4.69, 9.17) is 11.6 Å². The highest BCUT2D eigenvalue weighted by molar-refractivity contribution is 7.89. The zero-order valence-corrected chi connectivity index (χ0v) is 17.5. The van der Waals surface area contributed by atoms with Crippen LogP contribution >= 0.6 is 11.6 Å². The van der Waals surface area contributed by atoms with Crippen LogP contribution in [0, 0.1) is 0 Å². The Kier molecular flexibility index (Phi) is 6.40. The van der Waals surface area contributed by atoms with Crippen molar-refractivity contribution in [2.75, 3.05) is 20.6 Å². The van der Waals surface area contributed by atoms with Crippen molar-refractivity contribution in [1.29, 1.82) is 0 Å². The molecule has 2 aromatic carbocycles. The summed E-state index contributed by atoms with van der Waals surface area (Å²) in [7, 11) is 0.276. The van der Waals surface area contributed by atoms with Crippen LogP contribution in [0.15, 0.2) is 53.4 Å². The van der Waals surface area contributed by atoms with E-state index in [2.05, 4.69) is 10.0 Å². The smallest absolute Gasteiger partial charge is 0.252 e. The van der Waals surface area contributed by atoms with Crippen molar-refractivity contribution in [1.82, 2.24) is 10.0 Å². The Labute approximate surface area is 170 Å². The average molecular weight is 423 g/mol. The number of carbonyl (C=O) groups excluding carboxylic acids is 1. The van der Waals surface area contributed by atoms with Crippen LogP contribution in [-0.2, 0) is 10.0 Å². The monoisotopic (exact) mass is 422 g/mol. The molecular weight excluding hydrogens is 398 g/mol. The molecule has 0 spiro atoms. The van der Waals surface area contributed by atoms with Gasteiger partial charge in [0.1, 0.15) is 17.5 Å². The highest BCUT2D eigenvalue weighted by atomic mass is 35.5. The number of nitrogens with one attached hydrogen (secondary N) is 3. The molecule has 0 aliphatic heterocycles. The molecule has 1 fully saturated rings. The van der Waals surface area contributed by atoms with Crippen LogP contribution in [0.5, 0.6) is 0 Å². The summed E-state index contributed by atoms with van der Waals surface area (Å²) in [5, 5.41) is 3.11. The predicted octanol–water partition coefficient (Wildman–Crippen LogP) is 1.40. The van der Waals surface area contributed by atoms with Crippen molar-refractivity contribution in [2.45, 2.75) is 29.8 Å². The van der Waals surface area contributed by atoms with Gasteiger partial charge in [-0.3, -0.25) is 4.79 Å². The number of likely N-dealkylation sites (N-methyl/N-ethyl adjacent to an activating group) is 1. The summed E-state index contributed by atoms with van der Waals surface area (Å²) in [5.74, 6) is -0.338. The lowest BCUT2D eigenvalue weighted by Gasteiger charge is -2.21. The van der Waals surface area contributed by atoms with Gasteiger partial charge in [0.05, 0.1) is 19.1 Å². The van der Waals surface area contributed by atoms with E-state index in [9.17, 15) is 13.2 Å². The molecule has 0 heterocycles. The minimum absolute atomic E-state index is 0.0379. The maximum atomic E-state index is 12.9. The number of benzene rings is 2. The van der Waals surface area contributed by atoms with Gasteiger partial charge in [0.2, 0.25) is 10.0 Å². The van der Waals surface area contributed by atoms with Crippen LogP contribution in [0.1, 0.15) is 34.8 Å². The molecule has 1 saturated carbocycles. The van der Waals surface area contributed by atoms with Crippen LogP contribution in [0.25, 0.3) is 0 Å². The van der Waals surface area contributed by atoms with Crippen molar-refractivity contribution in [2.24, 2.45) is 0 Å². The number of sulfonamides is 1. The minimum Gasteiger partial charge on any atom is -0.340 e. The first-order chi connectivity index (χ1) is 13.3. The maximum absolute atomic E-state index is 12.9. The summed E-state index contributed by atoms with van der Waals surface area (Å²) in [6.45, 7) is 0.692. The van der Waals surface area contributed by atoms with Crippen molar-refractivity contribution in [3.05, 3.63) is 64.7 Å². The van der Waals surface area contributed by atoms with E-state index < -0.39 is 10.0 Å². The second kappa shape index (κ2) is 8.61. The Morgan fingerprint density at radius 1 is 1.18 bits per heavy atom. The van der Waals surface area contributed by atoms with Crippen LogP contribution in [-0.4, -0.2) is 41.0 Å². The molecule has 0 aromatic heterocycles. The van der Waals surface area contributed by atoms with Gasteiger partial charge in [-0.25, -0.2) is 13.1 Å². The lowest BCUT2D eigenvalue weighted by molar-refractivity contribution is -0.860. The number of hydrogen-bond acceptors (Lipinski definition) is 3. The molecule has 0 saturated heterocycles. The number of rotatable bonds is 8. The number of halogens is 1. The molecule has 1 amide bonds. The van der Waals surface area contributed by atoms with Gasteiger partial charge in [0.25, 0.3) is 5.91 Å². The number of quaternary nitrogens is 1. The van der Waals surface area contributed by atoms with E-state index in [0.29, 0.717) is 6.54 Å². The summed E-state index contributed by atoms with van der Waals surface area (Å²) >= 11 is 6.11. The second-order valence-electron chi connectivity index (χ2n) is 7.39. The number of hydrogen-bond donors (Lipinski definition) is 3. The van der Waals surface area contributed by atoms with Crippen molar-refractivity contribution in [3.8, 4) is 0 Å². The van der Waals surface area contributed by atoms with Gasteiger partial charge in [-0.05, 0) is 36.6 Å². The van der Waals surface area contributed by atoms with E-state index in [-0.39, 0.29) is 33.5 Å². The Morgan fingerprint density at radius 2 is 1.86 bits per heavy atom. The van der Waals surface area contributed by atoms with Gasteiger partial charge >= 0.3 is 0 Å². The summed E-state index contributed by atoms with van der Waals surface area (Å²) in [5.41, 5.74) is 1.25. The highest BCUT2D eigenvalue weighted by Crippen LogP contribution is 2.27. The third kappa shape index (κ3) is 5.32. The van der Waals surface area contributed by atoms with E-state index >= 15 is 0 Å². The van der Waals surface area contributed by atoms with Crippen LogP contribution in [0.2, 0.25) is 5.02 Å². The fourth-order valence-corrected chi connectivity index (χ4v) is 4.75. The highest BCUT2D eigenvalue weighted by Gasteiger charge is 2.30. The Morgan fingerprint density at radius 3 is 2.46 bits per heavy atom. The fourth-order valence-electron chi connectivity index (χ4n) is 2.92. The summed E-state index contributed by atoms with van der Waals surface area (Å²) < 4.78 is 27.7. The molecular formula is C20H25ClN3O3S+. The van der Waals surface area contributed by atoms with Crippen molar-refractivity contribution < 1.29 is 18.1 Å². The lowest BCUT2D eigenvalue weighted by Crippen LogP contribution is -3.06. The molecule has 1 aliphatic rings. The SMILES string of the molecule is C[NH+](C)C[C@@H](NC(=O)c1ccc(Cl)c(S(=O)(=O)NC2CC2)c1)c1ccccc1.